The number of furan rings is 1. The van der Waals surface area contributed by atoms with Gasteiger partial charge in [0.15, 0.2) is 0 Å². The van der Waals surface area contributed by atoms with Gasteiger partial charge in [-0.15, -0.1) is 5.10 Å². The van der Waals surface area contributed by atoms with Gasteiger partial charge in [0, 0.05) is 23.3 Å². The maximum absolute atomic E-state index is 10.9. The maximum atomic E-state index is 10.9. The van der Waals surface area contributed by atoms with Crippen molar-refractivity contribution in [2.45, 2.75) is 0 Å². The molecular weight excluding hydrogens is 372 g/mol. The van der Waals surface area contributed by atoms with Crippen LogP contribution in [0.4, 0.5) is 11.6 Å². The molecule has 9 heteroatoms. The molecule has 0 spiro atoms. The highest BCUT2D eigenvalue weighted by Gasteiger charge is 2.10. The molecule has 2 heterocycles. The second kappa shape index (κ2) is 8.09. The Hall–Kier alpha value is -4.40. The van der Waals surface area contributed by atoms with E-state index in [1.54, 1.807) is 30.5 Å². The Balaban J connectivity index is 1.46. The van der Waals surface area contributed by atoms with Crippen LogP contribution in [-0.2, 0) is 0 Å². The second-order valence-corrected chi connectivity index (χ2v) is 5.91. The third-order valence-corrected chi connectivity index (χ3v) is 3.95. The van der Waals surface area contributed by atoms with Crippen molar-refractivity contribution in [1.82, 2.24) is 15.2 Å². The van der Waals surface area contributed by atoms with Gasteiger partial charge in [0.1, 0.15) is 11.5 Å². The third-order valence-electron chi connectivity index (χ3n) is 3.95. The lowest BCUT2D eigenvalue weighted by molar-refractivity contribution is -0.384. The molecule has 0 bridgehead atoms. The van der Waals surface area contributed by atoms with Crippen LogP contribution in [0.25, 0.3) is 22.6 Å². The topological polar surface area (TPSA) is 119 Å². The number of anilines is 1. The zero-order valence-electron chi connectivity index (χ0n) is 15.0. The molecule has 0 radical (unpaired) electrons. The van der Waals surface area contributed by atoms with E-state index < -0.39 is 4.92 Å². The van der Waals surface area contributed by atoms with Gasteiger partial charge in [-0.25, -0.2) is 10.4 Å². The average molecular weight is 386 g/mol. The first-order valence-electron chi connectivity index (χ1n) is 8.58. The van der Waals surface area contributed by atoms with Crippen LogP contribution in [0.2, 0.25) is 0 Å². The number of rotatable bonds is 6. The minimum absolute atomic E-state index is 0.00118. The Kier molecular flexibility index (Phi) is 5.02. The van der Waals surface area contributed by atoms with Gasteiger partial charge in [0.2, 0.25) is 0 Å². The number of benzene rings is 2. The highest BCUT2D eigenvalue weighted by molar-refractivity contribution is 5.78. The first-order valence-corrected chi connectivity index (χ1v) is 8.58. The van der Waals surface area contributed by atoms with Crippen molar-refractivity contribution in [3.8, 4) is 22.6 Å². The highest BCUT2D eigenvalue weighted by atomic mass is 16.6. The molecule has 0 fully saturated rings. The van der Waals surface area contributed by atoms with Gasteiger partial charge in [-0.3, -0.25) is 10.1 Å². The van der Waals surface area contributed by atoms with Crippen LogP contribution in [0.1, 0.15) is 5.76 Å². The molecule has 0 atom stereocenters. The van der Waals surface area contributed by atoms with E-state index in [1.165, 1.54) is 18.3 Å². The molecule has 2 aromatic carbocycles. The lowest BCUT2D eigenvalue weighted by Gasteiger charge is -2.01. The van der Waals surface area contributed by atoms with E-state index in [0.29, 0.717) is 22.8 Å². The van der Waals surface area contributed by atoms with Crippen LogP contribution in [-0.4, -0.2) is 26.3 Å². The predicted octanol–water partition coefficient (Wildman–Crippen LogP) is 4.15. The highest BCUT2D eigenvalue weighted by Crippen LogP contribution is 2.25. The summed E-state index contributed by atoms with van der Waals surface area (Å²) < 4.78 is 5.67. The van der Waals surface area contributed by atoms with Gasteiger partial charge in [0.05, 0.1) is 23.0 Å². The lowest BCUT2D eigenvalue weighted by atomic mass is 10.1. The molecule has 1 N–H and O–H groups in total. The van der Waals surface area contributed by atoms with Crippen LogP contribution >= 0.6 is 0 Å². The molecule has 0 amide bonds. The Morgan fingerprint density at radius 1 is 1.03 bits per heavy atom. The third kappa shape index (κ3) is 4.30. The van der Waals surface area contributed by atoms with Gasteiger partial charge in [-0.1, -0.05) is 42.5 Å². The van der Waals surface area contributed by atoms with Crippen molar-refractivity contribution < 1.29 is 9.34 Å². The zero-order chi connectivity index (χ0) is 20.1. The van der Waals surface area contributed by atoms with E-state index in [-0.39, 0.29) is 11.6 Å². The molecule has 29 heavy (non-hydrogen) atoms. The molecule has 0 aliphatic carbocycles. The van der Waals surface area contributed by atoms with Gasteiger partial charge >= 0.3 is 0 Å². The number of nitrogens with zero attached hydrogens (tertiary/aromatic N) is 5. The van der Waals surface area contributed by atoms with Crippen LogP contribution in [0, 0.1) is 10.1 Å². The van der Waals surface area contributed by atoms with E-state index >= 15 is 0 Å². The van der Waals surface area contributed by atoms with Gasteiger partial charge in [0.25, 0.3) is 11.6 Å². The summed E-state index contributed by atoms with van der Waals surface area (Å²) in [6, 6.07) is 19.2. The molecule has 2 aromatic heterocycles. The molecule has 0 saturated heterocycles. The fraction of sp³-hybridized carbons (Fsp3) is 0. The molecule has 4 rings (SSSR count). The Morgan fingerprint density at radius 3 is 2.69 bits per heavy atom. The van der Waals surface area contributed by atoms with Gasteiger partial charge in [-0.2, -0.15) is 10.2 Å². The molecule has 4 aromatic rings. The molecule has 9 nitrogen and oxygen atoms in total. The second-order valence-electron chi connectivity index (χ2n) is 5.91. The Bertz CT molecular complexity index is 1170. The minimum atomic E-state index is -0.448. The number of nitro benzene ring substituents is 1. The molecular formula is C20H14N6O3. The molecule has 0 aliphatic heterocycles. The normalized spacial score (nSPS) is 10.9. The van der Waals surface area contributed by atoms with Crippen molar-refractivity contribution >= 4 is 17.9 Å². The zero-order valence-corrected chi connectivity index (χ0v) is 15.0. The molecule has 0 saturated carbocycles. The summed E-state index contributed by atoms with van der Waals surface area (Å²) in [5, 5.41) is 22.8. The smallest absolute Gasteiger partial charge is 0.270 e. The summed E-state index contributed by atoms with van der Waals surface area (Å²) in [6.07, 6.45) is 3.03. The number of nitrogens with one attached hydrogen (secondary N) is 1. The lowest BCUT2D eigenvalue weighted by Crippen LogP contribution is -1.99. The summed E-state index contributed by atoms with van der Waals surface area (Å²) in [4.78, 5) is 14.8. The number of non-ortho nitro benzene ring substituents is 1. The number of nitro groups is 1. The van der Waals surface area contributed by atoms with E-state index in [9.17, 15) is 10.1 Å². The number of hydrazone groups is 1. The van der Waals surface area contributed by atoms with E-state index in [1.807, 2.05) is 30.3 Å². The fourth-order valence-electron chi connectivity index (χ4n) is 2.60. The quantitative estimate of drug-likeness (QED) is 0.300. The Labute approximate surface area is 164 Å². The van der Waals surface area contributed by atoms with E-state index in [4.69, 9.17) is 4.42 Å². The number of hydrogen-bond donors (Lipinski definition) is 1. The van der Waals surface area contributed by atoms with E-state index in [0.717, 1.165) is 5.56 Å². The van der Waals surface area contributed by atoms with Crippen LogP contribution in [0.5, 0.6) is 0 Å². The summed E-state index contributed by atoms with van der Waals surface area (Å²) in [7, 11) is 0. The average Bonchev–Trinajstić information content (AvgIpc) is 3.24. The SMILES string of the molecule is O=[N+]([O-])c1cccc(-c2ccc(C=NNc3nncc(-c4ccccc4)n3)o2)c1. The first-order chi connectivity index (χ1) is 14.2. The van der Waals surface area contributed by atoms with Crippen molar-refractivity contribution in [1.29, 1.82) is 0 Å². The largest absolute Gasteiger partial charge is 0.455 e. The molecule has 0 aliphatic rings. The summed E-state index contributed by atoms with van der Waals surface area (Å²) in [5.41, 5.74) is 4.91. The first kappa shape index (κ1) is 18.0. The summed E-state index contributed by atoms with van der Waals surface area (Å²) >= 11 is 0. The number of aromatic nitrogens is 3. The van der Waals surface area contributed by atoms with Crippen molar-refractivity contribution in [2.24, 2.45) is 5.10 Å². The summed E-state index contributed by atoms with van der Waals surface area (Å²) in [5.74, 6) is 1.21. The van der Waals surface area contributed by atoms with Crippen molar-refractivity contribution in [3.63, 3.8) is 0 Å². The Morgan fingerprint density at radius 2 is 1.86 bits per heavy atom. The standard InChI is InChI=1S/C20H14N6O3/c27-26(28)16-8-4-7-15(11-16)19-10-9-17(29-19)12-21-24-20-23-18(13-22-25-20)14-5-2-1-3-6-14/h1-13H,(H,23,24,25). The van der Waals surface area contributed by atoms with E-state index in [2.05, 4.69) is 25.7 Å². The maximum Gasteiger partial charge on any atom is 0.270 e. The van der Waals surface area contributed by atoms with Crippen molar-refractivity contribution in [2.75, 3.05) is 5.43 Å². The number of hydrogen-bond acceptors (Lipinski definition) is 8. The monoisotopic (exact) mass is 386 g/mol. The summed E-state index contributed by atoms with van der Waals surface area (Å²) in [6.45, 7) is 0. The van der Waals surface area contributed by atoms with Gasteiger partial charge < -0.3 is 4.42 Å². The fourth-order valence-corrected chi connectivity index (χ4v) is 2.60. The molecule has 142 valence electrons. The van der Waals surface area contributed by atoms with Crippen LogP contribution in [0.15, 0.2) is 82.4 Å². The van der Waals surface area contributed by atoms with Crippen molar-refractivity contribution in [3.05, 3.63) is 88.8 Å². The van der Waals surface area contributed by atoms with Crippen LogP contribution in [0.3, 0.4) is 0 Å². The molecule has 0 unspecified atom stereocenters. The minimum Gasteiger partial charge on any atom is -0.455 e. The van der Waals surface area contributed by atoms with Gasteiger partial charge in [-0.05, 0) is 12.1 Å². The predicted molar refractivity (Wildman–Crippen MR) is 107 cm³/mol. The van der Waals surface area contributed by atoms with Crippen LogP contribution < -0.4 is 5.43 Å².